The van der Waals surface area contributed by atoms with Gasteiger partial charge in [-0.1, -0.05) is 17.3 Å². The summed E-state index contributed by atoms with van der Waals surface area (Å²) in [5, 5.41) is 5.02. The van der Waals surface area contributed by atoms with Crippen molar-refractivity contribution < 1.29 is 17.7 Å². The maximum atomic E-state index is 13.2. The van der Waals surface area contributed by atoms with E-state index < -0.39 is 11.7 Å². The van der Waals surface area contributed by atoms with Crippen LogP contribution in [0.15, 0.2) is 47.0 Å². The van der Waals surface area contributed by atoms with E-state index in [4.69, 9.17) is 4.52 Å². The van der Waals surface area contributed by atoms with Crippen LogP contribution in [0.2, 0.25) is 0 Å². The first kappa shape index (κ1) is 16.1. The Hall–Kier alpha value is -3.09. The van der Waals surface area contributed by atoms with Crippen molar-refractivity contribution >= 4 is 10.9 Å². The molecule has 0 spiro atoms. The number of alkyl halides is 3. The van der Waals surface area contributed by atoms with E-state index in [0.717, 1.165) is 41.8 Å². The Labute approximate surface area is 152 Å². The Morgan fingerprint density at radius 2 is 1.89 bits per heavy atom. The second kappa shape index (κ2) is 5.70. The van der Waals surface area contributed by atoms with Crippen LogP contribution in [-0.4, -0.2) is 15.1 Å². The summed E-state index contributed by atoms with van der Waals surface area (Å²) >= 11 is 0. The molecule has 1 aliphatic carbocycles. The molecule has 0 fully saturated rings. The minimum atomic E-state index is -4.49. The van der Waals surface area contributed by atoms with Crippen LogP contribution in [0.4, 0.5) is 13.2 Å². The van der Waals surface area contributed by atoms with E-state index in [1.807, 2.05) is 18.2 Å². The maximum Gasteiger partial charge on any atom is 0.417 e. The third-order valence-electron chi connectivity index (χ3n) is 5.00. The molecule has 136 valence electrons. The Balaban J connectivity index is 1.58. The minimum Gasteiger partial charge on any atom is -0.358 e. The number of rotatable bonds is 2. The summed E-state index contributed by atoms with van der Waals surface area (Å²) in [4.78, 5) is 7.64. The van der Waals surface area contributed by atoms with Gasteiger partial charge in [0.15, 0.2) is 0 Å². The van der Waals surface area contributed by atoms with Crippen LogP contribution in [0.25, 0.3) is 33.7 Å². The van der Waals surface area contributed by atoms with Crippen molar-refractivity contribution in [2.75, 3.05) is 0 Å². The van der Waals surface area contributed by atoms with E-state index in [1.54, 1.807) is 0 Å². The second-order valence-electron chi connectivity index (χ2n) is 6.66. The van der Waals surface area contributed by atoms with Gasteiger partial charge in [-0.25, -0.2) is 0 Å². The third-order valence-corrected chi connectivity index (χ3v) is 5.00. The molecule has 2 heterocycles. The van der Waals surface area contributed by atoms with Crippen LogP contribution in [0.1, 0.15) is 23.2 Å². The van der Waals surface area contributed by atoms with Crippen molar-refractivity contribution in [1.29, 1.82) is 0 Å². The maximum absolute atomic E-state index is 13.2. The van der Waals surface area contributed by atoms with Crippen LogP contribution in [-0.2, 0) is 19.0 Å². The highest BCUT2D eigenvalue weighted by Gasteiger charge is 2.34. The summed E-state index contributed by atoms with van der Waals surface area (Å²) in [5.74, 6) is 0.133. The summed E-state index contributed by atoms with van der Waals surface area (Å²) in [6.07, 6.45) is -1.30. The molecule has 1 aliphatic rings. The molecule has 0 saturated carbocycles. The Bertz CT molecular complexity index is 1160. The van der Waals surface area contributed by atoms with Gasteiger partial charge < -0.3 is 9.51 Å². The lowest BCUT2D eigenvalue weighted by Gasteiger charge is -2.09. The fraction of sp³-hybridized carbons (Fsp3) is 0.200. The predicted molar refractivity (Wildman–Crippen MR) is 94.1 cm³/mol. The molecule has 2 aromatic carbocycles. The van der Waals surface area contributed by atoms with Gasteiger partial charge in [0, 0.05) is 22.2 Å². The van der Waals surface area contributed by atoms with E-state index in [-0.39, 0.29) is 17.3 Å². The van der Waals surface area contributed by atoms with Crippen molar-refractivity contribution in [3.8, 4) is 22.8 Å². The zero-order chi connectivity index (χ0) is 18.6. The molecule has 7 heteroatoms. The smallest absolute Gasteiger partial charge is 0.358 e. The third kappa shape index (κ3) is 2.61. The molecule has 27 heavy (non-hydrogen) atoms. The number of halogens is 3. The SMILES string of the molecule is FC(F)(F)c1ccccc1-c1nc(-c2ccc3[nH]c4c(c3c2)CCC4)no1. The number of aryl methyl sites for hydroxylation is 2. The van der Waals surface area contributed by atoms with Gasteiger partial charge in [-0.15, -0.1) is 0 Å². The van der Waals surface area contributed by atoms with Gasteiger partial charge in [-0.2, -0.15) is 18.2 Å². The van der Waals surface area contributed by atoms with Crippen LogP contribution in [0, 0.1) is 0 Å². The highest BCUT2D eigenvalue weighted by molar-refractivity contribution is 5.89. The van der Waals surface area contributed by atoms with E-state index in [2.05, 4.69) is 15.1 Å². The number of hydrogen-bond acceptors (Lipinski definition) is 3. The monoisotopic (exact) mass is 369 g/mol. The lowest BCUT2D eigenvalue weighted by Crippen LogP contribution is -2.06. The van der Waals surface area contributed by atoms with Crippen molar-refractivity contribution in [2.45, 2.75) is 25.4 Å². The number of nitrogens with one attached hydrogen (secondary N) is 1. The number of benzene rings is 2. The summed E-state index contributed by atoms with van der Waals surface area (Å²) in [6, 6.07) is 11.0. The van der Waals surface area contributed by atoms with Crippen LogP contribution in [0.3, 0.4) is 0 Å². The average molecular weight is 369 g/mol. The largest absolute Gasteiger partial charge is 0.417 e. The summed E-state index contributed by atoms with van der Waals surface area (Å²) < 4.78 is 44.9. The van der Waals surface area contributed by atoms with Gasteiger partial charge in [-0.3, -0.25) is 0 Å². The molecule has 2 aromatic heterocycles. The Morgan fingerprint density at radius 1 is 1.04 bits per heavy atom. The summed E-state index contributed by atoms with van der Waals surface area (Å²) in [7, 11) is 0. The second-order valence-corrected chi connectivity index (χ2v) is 6.66. The number of aromatic amines is 1. The van der Waals surface area contributed by atoms with Gasteiger partial charge in [0.05, 0.1) is 11.1 Å². The van der Waals surface area contributed by atoms with Gasteiger partial charge in [-0.05, 0) is 55.2 Å². The first-order valence-electron chi connectivity index (χ1n) is 8.65. The molecule has 5 rings (SSSR count). The molecule has 0 radical (unpaired) electrons. The minimum absolute atomic E-state index is 0.118. The molecule has 0 atom stereocenters. The normalized spacial score (nSPS) is 14.0. The lowest BCUT2D eigenvalue weighted by atomic mass is 10.1. The van der Waals surface area contributed by atoms with Crippen LogP contribution >= 0.6 is 0 Å². The number of aromatic nitrogens is 3. The molecule has 4 aromatic rings. The summed E-state index contributed by atoms with van der Waals surface area (Å²) in [6.45, 7) is 0. The number of nitrogens with zero attached hydrogens (tertiary/aromatic N) is 2. The molecular weight excluding hydrogens is 355 g/mol. The zero-order valence-corrected chi connectivity index (χ0v) is 14.1. The van der Waals surface area contributed by atoms with Crippen LogP contribution in [0.5, 0.6) is 0 Å². The molecule has 0 unspecified atom stereocenters. The molecule has 0 amide bonds. The average Bonchev–Trinajstić information content (AvgIpc) is 3.36. The number of fused-ring (bicyclic) bond motifs is 3. The number of H-pyrrole nitrogens is 1. The van der Waals surface area contributed by atoms with Gasteiger partial charge in [0.2, 0.25) is 5.82 Å². The zero-order valence-electron chi connectivity index (χ0n) is 14.1. The van der Waals surface area contributed by atoms with Crippen molar-refractivity contribution in [3.63, 3.8) is 0 Å². The van der Waals surface area contributed by atoms with E-state index >= 15 is 0 Å². The van der Waals surface area contributed by atoms with Crippen molar-refractivity contribution in [3.05, 3.63) is 59.3 Å². The van der Waals surface area contributed by atoms with Crippen molar-refractivity contribution in [1.82, 2.24) is 15.1 Å². The molecule has 0 bridgehead atoms. The highest BCUT2D eigenvalue weighted by atomic mass is 19.4. The fourth-order valence-corrected chi connectivity index (χ4v) is 3.75. The molecule has 1 N–H and O–H groups in total. The first-order valence-corrected chi connectivity index (χ1v) is 8.65. The molecule has 4 nitrogen and oxygen atoms in total. The Kier molecular flexibility index (Phi) is 3.40. The van der Waals surface area contributed by atoms with E-state index in [9.17, 15) is 13.2 Å². The molecule has 0 aliphatic heterocycles. The van der Waals surface area contributed by atoms with E-state index in [0.29, 0.717) is 0 Å². The quantitative estimate of drug-likeness (QED) is 0.515. The van der Waals surface area contributed by atoms with Gasteiger partial charge >= 0.3 is 6.18 Å². The van der Waals surface area contributed by atoms with Gasteiger partial charge in [0.1, 0.15) is 0 Å². The number of hydrogen-bond donors (Lipinski definition) is 1. The standard InChI is InChI=1S/C20H14F3N3O/c21-20(22,23)15-6-2-1-4-13(15)19-25-18(26-27-19)11-8-9-17-14(10-11)12-5-3-7-16(12)24-17/h1-2,4,6,8-10,24H,3,5,7H2. The highest BCUT2D eigenvalue weighted by Crippen LogP contribution is 2.37. The van der Waals surface area contributed by atoms with Gasteiger partial charge in [0.25, 0.3) is 5.89 Å². The first-order chi connectivity index (χ1) is 13.0. The predicted octanol–water partition coefficient (Wildman–Crippen LogP) is 5.39. The van der Waals surface area contributed by atoms with Crippen molar-refractivity contribution in [2.24, 2.45) is 0 Å². The fourth-order valence-electron chi connectivity index (χ4n) is 3.75. The topological polar surface area (TPSA) is 54.7 Å². The Morgan fingerprint density at radius 3 is 2.74 bits per heavy atom. The summed E-state index contributed by atoms with van der Waals surface area (Å²) in [5.41, 5.74) is 3.42. The van der Waals surface area contributed by atoms with Crippen LogP contribution < -0.4 is 0 Å². The molecular formula is C20H14F3N3O. The van der Waals surface area contributed by atoms with E-state index in [1.165, 1.54) is 29.5 Å². The molecule has 0 saturated heterocycles. The lowest BCUT2D eigenvalue weighted by molar-refractivity contribution is -0.137.